The Morgan fingerprint density at radius 3 is 2.45 bits per heavy atom. The average molecular weight is 302 g/mol. The summed E-state index contributed by atoms with van der Waals surface area (Å²) in [5.74, 6) is -0.621. The SMILES string of the molecule is CCOC(=O)[C@H]1CC(=O)N(c2ccc(N3CCCC3)cc2)C1. The highest BCUT2D eigenvalue weighted by Crippen LogP contribution is 2.28. The van der Waals surface area contributed by atoms with E-state index < -0.39 is 0 Å². The van der Waals surface area contributed by atoms with Crippen LogP contribution in [-0.4, -0.2) is 38.1 Å². The lowest BCUT2D eigenvalue weighted by Gasteiger charge is -2.20. The molecule has 2 aliphatic heterocycles. The average Bonchev–Trinajstić information content (AvgIpc) is 3.17. The second-order valence-corrected chi connectivity index (χ2v) is 5.87. The molecule has 0 radical (unpaired) electrons. The van der Waals surface area contributed by atoms with Crippen molar-refractivity contribution in [1.82, 2.24) is 0 Å². The first kappa shape index (κ1) is 14.9. The summed E-state index contributed by atoms with van der Waals surface area (Å²) in [6, 6.07) is 8.06. The standard InChI is InChI=1S/C17H22N2O3/c1-2-22-17(21)13-11-16(20)19(12-13)15-7-5-14(6-8-15)18-9-3-4-10-18/h5-8,13H,2-4,9-12H2,1H3/t13-/m0/s1. The lowest BCUT2D eigenvalue weighted by Crippen LogP contribution is -2.26. The van der Waals surface area contributed by atoms with Gasteiger partial charge in [0, 0.05) is 37.4 Å². The Morgan fingerprint density at radius 2 is 1.82 bits per heavy atom. The number of nitrogens with zero attached hydrogens (tertiary/aromatic N) is 2. The van der Waals surface area contributed by atoms with Crippen LogP contribution in [0.5, 0.6) is 0 Å². The second-order valence-electron chi connectivity index (χ2n) is 5.87. The first-order valence-electron chi connectivity index (χ1n) is 8.01. The van der Waals surface area contributed by atoms with Crippen LogP contribution in [0.1, 0.15) is 26.2 Å². The zero-order chi connectivity index (χ0) is 15.5. The van der Waals surface area contributed by atoms with E-state index in [1.54, 1.807) is 11.8 Å². The van der Waals surface area contributed by atoms with Crippen molar-refractivity contribution in [3.63, 3.8) is 0 Å². The number of ether oxygens (including phenoxy) is 1. The summed E-state index contributed by atoms with van der Waals surface area (Å²) in [6.07, 6.45) is 2.73. The minimum absolute atomic E-state index is 0.00743. The molecule has 0 aromatic heterocycles. The van der Waals surface area contributed by atoms with Gasteiger partial charge < -0.3 is 14.5 Å². The molecule has 0 aliphatic carbocycles. The van der Waals surface area contributed by atoms with E-state index in [0.717, 1.165) is 18.8 Å². The molecule has 1 atom stereocenters. The van der Waals surface area contributed by atoms with Crippen LogP contribution in [0.3, 0.4) is 0 Å². The summed E-state index contributed by atoms with van der Waals surface area (Å²) in [6.45, 7) is 4.76. The van der Waals surface area contributed by atoms with Crippen LogP contribution in [0.15, 0.2) is 24.3 Å². The van der Waals surface area contributed by atoms with Gasteiger partial charge in [-0.3, -0.25) is 9.59 Å². The van der Waals surface area contributed by atoms with E-state index >= 15 is 0 Å². The molecule has 0 spiro atoms. The molecule has 5 nitrogen and oxygen atoms in total. The van der Waals surface area contributed by atoms with Gasteiger partial charge in [0.2, 0.25) is 5.91 Å². The Labute approximate surface area is 130 Å². The lowest BCUT2D eigenvalue weighted by atomic mass is 10.1. The van der Waals surface area contributed by atoms with E-state index in [4.69, 9.17) is 4.74 Å². The molecule has 0 bridgehead atoms. The van der Waals surface area contributed by atoms with Gasteiger partial charge in [-0.25, -0.2) is 0 Å². The van der Waals surface area contributed by atoms with Crippen LogP contribution in [-0.2, 0) is 14.3 Å². The number of anilines is 2. The molecule has 1 aromatic carbocycles. The van der Waals surface area contributed by atoms with Gasteiger partial charge in [-0.05, 0) is 44.0 Å². The molecule has 3 rings (SSSR count). The maximum absolute atomic E-state index is 12.1. The van der Waals surface area contributed by atoms with Crippen molar-refractivity contribution in [3.05, 3.63) is 24.3 Å². The van der Waals surface area contributed by atoms with Crippen molar-refractivity contribution >= 4 is 23.3 Å². The normalized spacial score (nSPS) is 21.5. The molecule has 2 heterocycles. The Hall–Kier alpha value is -2.04. The van der Waals surface area contributed by atoms with Gasteiger partial charge >= 0.3 is 5.97 Å². The third-order valence-corrected chi connectivity index (χ3v) is 4.38. The number of esters is 1. The lowest BCUT2D eigenvalue weighted by molar-refractivity contribution is -0.147. The third-order valence-electron chi connectivity index (χ3n) is 4.38. The van der Waals surface area contributed by atoms with E-state index in [-0.39, 0.29) is 24.2 Å². The van der Waals surface area contributed by atoms with Crippen molar-refractivity contribution < 1.29 is 14.3 Å². The Bertz CT molecular complexity index is 550. The summed E-state index contributed by atoms with van der Waals surface area (Å²) in [7, 11) is 0. The zero-order valence-corrected chi connectivity index (χ0v) is 13.0. The number of carbonyl (C=O) groups is 2. The second kappa shape index (κ2) is 6.38. The molecular weight excluding hydrogens is 280 g/mol. The highest BCUT2D eigenvalue weighted by atomic mass is 16.5. The maximum Gasteiger partial charge on any atom is 0.311 e. The van der Waals surface area contributed by atoms with Crippen molar-refractivity contribution in [1.29, 1.82) is 0 Å². The van der Waals surface area contributed by atoms with Gasteiger partial charge in [0.1, 0.15) is 0 Å². The fourth-order valence-corrected chi connectivity index (χ4v) is 3.19. The molecule has 1 amide bonds. The van der Waals surface area contributed by atoms with Gasteiger partial charge in [0.25, 0.3) is 0 Å². The molecule has 118 valence electrons. The van der Waals surface area contributed by atoms with E-state index in [2.05, 4.69) is 17.0 Å². The fraction of sp³-hybridized carbons (Fsp3) is 0.529. The summed E-state index contributed by atoms with van der Waals surface area (Å²) in [5, 5.41) is 0. The number of benzene rings is 1. The molecule has 5 heteroatoms. The van der Waals surface area contributed by atoms with Crippen molar-refractivity contribution in [2.24, 2.45) is 5.92 Å². The fourth-order valence-electron chi connectivity index (χ4n) is 3.19. The van der Waals surface area contributed by atoms with Crippen LogP contribution in [0.4, 0.5) is 11.4 Å². The van der Waals surface area contributed by atoms with Crippen LogP contribution in [0, 0.1) is 5.92 Å². The Morgan fingerprint density at radius 1 is 1.18 bits per heavy atom. The molecular formula is C17H22N2O3. The Balaban J connectivity index is 1.68. The van der Waals surface area contributed by atoms with E-state index in [1.807, 2.05) is 12.1 Å². The van der Waals surface area contributed by atoms with Crippen molar-refractivity contribution in [2.45, 2.75) is 26.2 Å². The van der Waals surface area contributed by atoms with Gasteiger partial charge in [-0.1, -0.05) is 0 Å². The summed E-state index contributed by atoms with van der Waals surface area (Å²) < 4.78 is 5.02. The quantitative estimate of drug-likeness (QED) is 0.800. The highest BCUT2D eigenvalue weighted by molar-refractivity contribution is 5.99. The number of amides is 1. The molecule has 22 heavy (non-hydrogen) atoms. The van der Waals surface area contributed by atoms with Gasteiger partial charge in [-0.15, -0.1) is 0 Å². The van der Waals surface area contributed by atoms with E-state index in [0.29, 0.717) is 13.2 Å². The van der Waals surface area contributed by atoms with Crippen molar-refractivity contribution in [2.75, 3.05) is 36.0 Å². The molecule has 0 saturated carbocycles. The molecule has 0 N–H and O–H groups in total. The first-order chi connectivity index (χ1) is 10.7. The van der Waals surface area contributed by atoms with Gasteiger partial charge in [-0.2, -0.15) is 0 Å². The number of carbonyl (C=O) groups excluding carboxylic acids is 2. The molecule has 2 aliphatic rings. The van der Waals surface area contributed by atoms with E-state index in [9.17, 15) is 9.59 Å². The molecule has 0 unspecified atom stereocenters. The van der Waals surface area contributed by atoms with Gasteiger partial charge in [0.15, 0.2) is 0 Å². The molecule has 2 saturated heterocycles. The minimum Gasteiger partial charge on any atom is -0.466 e. The molecule has 1 aromatic rings. The molecule has 2 fully saturated rings. The van der Waals surface area contributed by atoms with Crippen molar-refractivity contribution in [3.8, 4) is 0 Å². The van der Waals surface area contributed by atoms with E-state index in [1.165, 1.54) is 18.5 Å². The summed E-state index contributed by atoms with van der Waals surface area (Å²) in [4.78, 5) is 28.0. The zero-order valence-electron chi connectivity index (χ0n) is 13.0. The minimum atomic E-state index is -0.342. The van der Waals surface area contributed by atoms with Crippen LogP contribution < -0.4 is 9.80 Å². The van der Waals surface area contributed by atoms with Gasteiger partial charge in [0.05, 0.1) is 12.5 Å². The maximum atomic E-state index is 12.1. The van der Waals surface area contributed by atoms with Crippen LogP contribution >= 0.6 is 0 Å². The summed E-state index contributed by atoms with van der Waals surface area (Å²) >= 11 is 0. The Kier molecular flexibility index (Phi) is 4.32. The first-order valence-corrected chi connectivity index (χ1v) is 8.01. The van der Waals surface area contributed by atoms with Crippen LogP contribution in [0.25, 0.3) is 0 Å². The van der Waals surface area contributed by atoms with Crippen LogP contribution in [0.2, 0.25) is 0 Å². The summed E-state index contributed by atoms with van der Waals surface area (Å²) in [5.41, 5.74) is 2.06. The topological polar surface area (TPSA) is 49.9 Å². The smallest absolute Gasteiger partial charge is 0.311 e. The highest BCUT2D eigenvalue weighted by Gasteiger charge is 2.36. The monoisotopic (exact) mass is 302 g/mol. The largest absolute Gasteiger partial charge is 0.466 e. The number of rotatable bonds is 4. The predicted molar refractivity (Wildman–Crippen MR) is 85.0 cm³/mol. The third kappa shape index (κ3) is 2.93. The number of hydrogen-bond acceptors (Lipinski definition) is 4. The predicted octanol–water partition coefficient (Wildman–Crippen LogP) is 2.20. The number of hydrogen-bond donors (Lipinski definition) is 0.